The van der Waals surface area contributed by atoms with Crippen molar-refractivity contribution in [3.63, 3.8) is 0 Å². The number of para-hydroxylation sites is 1. The van der Waals surface area contributed by atoms with Gasteiger partial charge in [-0.3, -0.25) is 0 Å². The molecule has 102 valence electrons. The van der Waals surface area contributed by atoms with Crippen molar-refractivity contribution in [2.45, 2.75) is 19.8 Å². The first-order valence-electron chi connectivity index (χ1n) is 6.77. The molecule has 0 radical (unpaired) electrons. The molecule has 0 aliphatic carbocycles. The van der Waals surface area contributed by atoms with Crippen molar-refractivity contribution in [1.82, 2.24) is 4.98 Å². The number of hydrogen-bond donors (Lipinski definition) is 2. The molecule has 1 aromatic heterocycles. The van der Waals surface area contributed by atoms with Crippen molar-refractivity contribution in [2.24, 2.45) is 0 Å². The van der Waals surface area contributed by atoms with Gasteiger partial charge in [0.05, 0.1) is 0 Å². The predicted octanol–water partition coefficient (Wildman–Crippen LogP) is 4.11. The summed E-state index contributed by atoms with van der Waals surface area (Å²) in [5.41, 5.74) is 10.2. The molecular formula is C16H17N3O. The van der Waals surface area contributed by atoms with Crippen LogP contribution in [0.2, 0.25) is 0 Å². The molecule has 0 fully saturated rings. The summed E-state index contributed by atoms with van der Waals surface area (Å²) in [6.45, 7) is 2.17. The van der Waals surface area contributed by atoms with Crippen molar-refractivity contribution in [1.29, 1.82) is 0 Å². The van der Waals surface area contributed by atoms with Gasteiger partial charge in [0.2, 0.25) is 0 Å². The van der Waals surface area contributed by atoms with E-state index in [1.54, 1.807) is 0 Å². The molecule has 0 saturated heterocycles. The van der Waals surface area contributed by atoms with Gasteiger partial charge in [0, 0.05) is 11.4 Å². The maximum absolute atomic E-state index is 5.75. The molecule has 20 heavy (non-hydrogen) atoms. The van der Waals surface area contributed by atoms with Crippen LogP contribution in [-0.4, -0.2) is 4.98 Å². The Morgan fingerprint density at radius 2 is 2.05 bits per heavy atom. The van der Waals surface area contributed by atoms with E-state index in [9.17, 15) is 0 Å². The van der Waals surface area contributed by atoms with E-state index >= 15 is 0 Å². The van der Waals surface area contributed by atoms with Crippen molar-refractivity contribution >= 4 is 28.5 Å². The van der Waals surface area contributed by atoms with Gasteiger partial charge in [-0.05, 0) is 36.2 Å². The third-order valence-corrected chi connectivity index (χ3v) is 3.19. The molecule has 0 amide bonds. The summed E-state index contributed by atoms with van der Waals surface area (Å²) >= 11 is 0. The Kier molecular flexibility index (Phi) is 3.29. The number of fused-ring (bicyclic) bond motifs is 1. The Balaban J connectivity index is 1.93. The maximum Gasteiger partial charge on any atom is 0.300 e. The van der Waals surface area contributed by atoms with Gasteiger partial charge in [0.25, 0.3) is 6.01 Å². The molecule has 2 aromatic carbocycles. The van der Waals surface area contributed by atoms with E-state index in [1.165, 1.54) is 5.56 Å². The van der Waals surface area contributed by atoms with Crippen LogP contribution in [0.3, 0.4) is 0 Å². The standard InChI is InChI=1S/C16H17N3O/c1-2-5-11-6-3-4-7-13(11)18-16-19-14-10-12(17)8-9-15(14)20-16/h3-4,6-10H,2,5,17H2,1H3,(H,18,19). The van der Waals surface area contributed by atoms with E-state index in [2.05, 4.69) is 23.3 Å². The summed E-state index contributed by atoms with van der Waals surface area (Å²) < 4.78 is 5.68. The van der Waals surface area contributed by atoms with E-state index in [0.717, 1.165) is 29.6 Å². The van der Waals surface area contributed by atoms with Crippen molar-refractivity contribution in [2.75, 3.05) is 11.1 Å². The van der Waals surface area contributed by atoms with Gasteiger partial charge in [0.1, 0.15) is 5.52 Å². The molecule has 0 bridgehead atoms. The molecular weight excluding hydrogens is 250 g/mol. The number of nitrogen functional groups attached to an aromatic ring is 1. The molecule has 0 atom stereocenters. The van der Waals surface area contributed by atoms with Gasteiger partial charge in [-0.25, -0.2) is 0 Å². The van der Waals surface area contributed by atoms with Gasteiger partial charge in [-0.2, -0.15) is 4.98 Å². The van der Waals surface area contributed by atoms with Crippen molar-refractivity contribution < 1.29 is 4.42 Å². The molecule has 4 nitrogen and oxygen atoms in total. The average molecular weight is 267 g/mol. The minimum Gasteiger partial charge on any atom is -0.423 e. The highest BCUT2D eigenvalue weighted by molar-refractivity contribution is 5.79. The lowest BCUT2D eigenvalue weighted by molar-refractivity contribution is 0.623. The molecule has 0 spiro atoms. The van der Waals surface area contributed by atoms with Crippen LogP contribution in [0.5, 0.6) is 0 Å². The van der Waals surface area contributed by atoms with E-state index in [-0.39, 0.29) is 0 Å². The highest BCUT2D eigenvalue weighted by atomic mass is 16.4. The fraction of sp³-hybridized carbons (Fsp3) is 0.188. The highest BCUT2D eigenvalue weighted by Gasteiger charge is 2.08. The number of nitrogens with two attached hydrogens (primary N) is 1. The fourth-order valence-electron chi connectivity index (χ4n) is 2.24. The van der Waals surface area contributed by atoms with Crippen LogP contribution >= 0.6 is 0 Å². The van der Waals surface area contributed by atoms with Crippen molar-refractivity contribution in [3.8, 4) is 0 Å². The van der Waals surface area contributed by atoms with Crippen LogP contribution in [0.15, 0.2) is 46.9 Å². The zero-order valence-corrected chi connectivity index (χ0v) is 11.4. The molecule has 0 aliphatic heterocycles. The number of oxazole rings is 1. The Labute approximate surface area is 117 Å². The minimum atomic E-state index is 0.495. The smallest absolute Gasteiger partial charge is 0.300 e. The van der Waals surface area contributed by atoms with E-state index in [4.69, 9.17) is 10.2 Å². The summed E-state index contributed by atoms with van der Waals surface area (Å²) in [7, 11) is 0. The van der Waals surface area contributed by atoms with Gasteiger partial charge in [-0.1, -0.05) is 31.5 Å². The summed E-state index contributed by atoms with van der Waals surface area (Å²) in [4.78, 5) is 4.41. The monoisotopic (exact) mass is 267 g/mol. The molecule has 4 heteroatoms. The number of aromatic nitrogens is 1. The minimum absolute atomic E-state index is 0.495. The number of nitrogens with one attached hydrogen (secondary N) is 1. The summed E-state index contributed by atoms with van der Waals surface area (Å²) in [5.74, 6) is 0. The number of hydrogen-bond acceptors (Lipinski definition) is 4. The largest absolute Gasteiger partial charge is 0.423 e. The van der Waals surface area contributed by atoms with Crippen LogP contribution in [0.1, 0.15) is 18.9 Å². The molecule has 3 N–H and O–H groups in total. The lowest BCUT2D eigenvalue weighted by Crippen LogP contribution is -1.95. The normalized spacial score (nSPS) is 10.8. The zero-order chi connectivity index (χ0) is 13.9. The lowest BCUT2D eigenvalue weighted by atomic mass is 10.1. The topological polar surface area (TPSA) is 64.1 Å². The fourth-order valence-corrected chi connectivity index (χ4v) is 2.24. The zero-order valence-electron chi connectivity index (χ0n) is 11.4. The van der Waals surface area contributed by atoms with Gasteiger partial charge in [-0.15, -0.1) is 0 Å². The van der Waals surface area contributed by atoms with E-state index < -0.39 is 0 Å². The first kappa shape index (κ1) is 12.5. The van der Waals surface area contributed by atoms with Gasteiger partial charge < -0.3 is 15.5 Å². The average Bonchev–Trinajstić information content (AvgIpc) is 2.82. The van der Waals surface area contributed by atoms with Gasteiger partial charge in [0.15, 0.2) is 5.58 Å². The number of benzene rings is 2. The van der Waals surface area contributed by atoms with Crippen LogP contribution in [0.4, 0.5) is 17.4 Å². The first-order chi connectivity index (χ1) is 9.76. The van der Waals surface area contributed by atoms with E-state index in [1.807, 2.05) is 36.4 Å². The lowest BCUT2D eigenvalue weighted by Gasteiger charge is -2.07. The third kappa shape index (κ3) is 2.45. The highest BCUT2D eigenvalue weighted by Crippen LogP contribution is 2.25. The number of anilines is 3. The second kappa shape index (κ2) is 5.25. The van der Waals surface area contributed by atoms with Crippen LogP contribution in [0, 0.1) is 0 Å². The quantitative estimate of drug-likeness (QED) is 0.698. The number of aryl methyl sites for hydroxylation is 1. The summed E-state index contributed by atoms with van der Waals surface area (Å²) in [6.07, 6.45) is 2.12. The SMILES string of the molecule is CCCc1ccccc1Nc1nc2cc(N)ccc2o1. The Bertz CT molecular complexity index is 733. The predicted molar refractivity (Wildman–Crippen MR) is 82.1 cm³/mol. The number of nitrogens with zero attached hydrogens (tertiary/aromatic N) is 1. The van der Waals surface area contributed by atoms with Crippen LogP contribution in [-0.2, 0) is 6.42 Å². The van der Waals surface area contributed by atoms with Crippen LogP contribution in [0.25, 0.3) is 11.1 Å². The maximum atomic E-state index is 5.75. The summed E-state index contributed by atoms with van der Waals surface area (Å²) in [6, 6.07) is 14.1. The molecule has 3 aromatic rings. The molecule has 0 saturated carbocycles. The Morgan fingerprint density at radius 1 is 1.20 bits per heavy atom. The van der Waals surface area contributed by atoms with E-state index in [0.29, 0.717) is 11.7 Å². The third-order valence-electron chi connectivity index (χ3n) is 3.19. The summed E-state index contributed by atoms with van der Waals surface area (Å²) in [5, 5.41) is 3.25. The van der Waals surface area contributed by atoms with Crippen molar-refractivity contribution in [3.05, 3.63) is 48.0 Å². The molecule has 0 aliphatic rings. The second-order valence-corrected chi connectivity index (χ2v) is 4.78. The number of rotatable bonds is 4. The Morgan fingerprint density at radius 3 is 2.90 bits per heavy atom. The Hall–Kier alpha value is -2.49. The van der Waals surface area contributed by atoms with Crippen LogP contribution < -0.4 is 11.1 Å². The molecule has 3 rings (SSSR count). The van der Waals surface area contributed by atoms with Gasteiger partial charge >= 0.3 is 0 Å². The molecule has 1 heterocycles. The first-order valence-corrected chi connectivity index (χ1v) is 6.77. The molecule has 0 unspecified atom stereocenters. The second-order valence-electron chi connectivity index (χ2n) is 4.78.